The Balaban J connectivity index is 1.60. The molecule has 0 amide bonds. The first-order valence-electron chi connectivity index (χ1n) is 10.2. The van der Waals surface area contributed by atoms with Crippen LogP contribution in [-0.2, 0) is 0 Å². The van der Waals surface area contributed by atoms with Gasteiger partial charge in [-0.05, 0) is 42.0 Å². The summed E-state index contributed by atoms with van der Waals surface area (Å²) in [6, 6.07) is 22.1. The third-order valence-electron chi connectivity index (χ3n) is 5.80. The number of hydrogen-bond donors (Lipinski definition) is 0. The van der Waals surface area contributed by atoms with Crippen LogP contribution in [0, 0.1) is 0 Å². The predicted octanol–water partition coefficient (Wildman–Crippen LogP) is 4.95. The minimum atomic E-state index is -0.382. The number of ether oxygens (including phenoxy) is 4. The summed E-state index contributed by atoms with van der Waals surface area (Å²) in [5, 5.41) is 7.05. The van der Waals surface area contributed by atoms with Crippen LogP contribution in [0.2, 0.25) is 0 Å². The summed E-state index contributed by atoms with van der Waals surface area (Å²) in [5.74, 6) is 2.98. The van der Waals surface area contributed by atoms with E-state index >= 15 is 0 Å². The Bertz CT molecular complexity index is 1130. The fraction of sp³-hybridized carbons (Fsp3) is 0.240. The summed E-state index contributed by atoms with van der Waals surface area (Å²) < 4.78 is 22.8. The molecule has 0 spiro atoms. The highest BCUT2D eigenvalue weighted by Gasteiger charge is 2.41. The highest BCUT2D eigenvalue weighted by Crippen LogP contribution is 2.49. The smallest absolute Gasteiger partial charge is 0.214 e. The molecule has 0 aliphatic carbocycles. The maximum atomic E-state index is 6.46. The Morgan fingerprint density at radius 2 is 1.68 bits per heavy atom. The Morgan fingerprint density at radius 1 is 0.871 bits per heavy atom. The van der Waals surface area contributed by atoms with E-state index < -0.39 is 0 Å². The Hall–Kier alpha value is -3.67. The third kappa shape index (κ3) is 3.34. The van der Waals surface area contributed by atoms with E-state index in [1.165, 1.54) is 0 Å². The molecule has 0 bridgehead atoms. The van der Waals surface area contributed by atoms with Crippen molar-refractivity contribution < 1.29 is 18.9 Å². The van der Waals surface area contributed by atoms with Crippen LogP contribution in [0.25, 0.3) is 0 Å². The van der Waals surface area contributed by atoms with Gasteiger partial charge in [-0.3, -0.25) is 0 Å². The average molecular weight is 416 g/mol. The van der Waals surface area contributed by atoms with Crippen molar-refractivity contribution in [3.05, 3.63) is 83.4 Å². The zero-order valence-corrected chi connectivity index (χ0v) is 17.7. The normalized spacial score (nSPS) is 19.1. The molecule has 5 rings (SSSR count). The predicted molar refractivity (Wildman–Crippen MR) is 118 cm³/mol. The van der Waals surface area contributed by atoms with Crippen LogP contribution >= 0.6 is 0 Å². The van der Waals surface area contributed by atoms with Crippen molar-refractivity contribution in [2.24, 2.45) is 5.10 Å². The van der Waals surface area contributed by atoms with Crippen LogP contribution < -0.4 is 18.9 Å². The topological polar surface area (TPSA) is 52.5 Å². The molecule has 0 saturated heterocycles. The van der Waals surface area contributed by atoms with Crippen molar-refractivity contribution in [1.82, 2.24) is 5.01 Å². The van der Waals surface area contributed by atoms with E-state index in [0.29, 0.717) is 11.5 Å². The summed E-state index contributed by atoms with van der Waals surface area (Å²) in [4.78, 5) is 0. The molecule has 0 fully saturated rings. The van der Waals surface area contributed by atoms with Gasteiger partial charge in [0.2, 0.25) is 6.23 Å². The van der Waals surface area contributed by atoms with E-state index in [4.69, 9.17) is 24.0 Å². The van der Waals surface area contributed by atoms with E-state index in [-0.39, 0.29) is 12.3 Å². The number of rotatable bonds is 5. The van der Waals surface area contributed by atoms with Gasteiger partial charge in [0.25, 0.3) is 0 Å². The lowest BCUT2D eigenvalue weighted by Gasteiger charge is -2.38. The number of hydrazone groups is 1. The lowest BCUT2D eigenvalue weighted by atomic mass is 9.95. The van der Waals surface area contributed by atoms with Crippen LogP contribution in [0.15, 0.2) is 71.8 Å². The van der Waals surface area contributed by atoms with Crippen molar-refractivity contribution in [3.8, 4) is 23.0 Å². The van der Waals surface area contributed by atoms with Crippen molar-refractivity contribution in [1.29, 1.82) is 0 Å². The second kappa shape index (κ2) is 7.87. The zero-order valence-electron chi connectivity index (χ0n) is 17.7. The molecule has 2 aliphatic heterocycles. The molecule has 3 aromatic rings. The van der Waals surface area contributed by atoms with Crippen LogP contribution in [0.5, 0.6) is 23.0 Å². The largest absolute Gasteiger partial charge is 0.497 e. The first-order valence-corrected chi connectivity index (χ1v) is 10.2. The molecule has 2 heterocycles. The van der Waals surface area contributed by atoms with Crippen LogP contribution in [0.4, 0.5) is 0 Å². The second-order valence-electron chi connectivity index (χ2n) is 7.50. The lowest BCUT2D eigenvalue weighted by molar-refractivity contribution is -0.0193. The molecule has 2 atom stereocenters. The summed E-state index contributed by atoms with van der Waals surface area (Å²) in [7, 11) is 4.94. The Kier molecular flexibility index (Phi) is 4.90. The van der Waals surface area contributed by atoms with E-state index in [1.54, 1.807) is 21.3 Å². The van der Waals surface area contributed by atoms with Crippen molar-refractivity contribution in [3.63, 3.8) is 0 Å². The SMILES string of the molecule is COc1ccc2c(c1)C1CC(c3ccccc3)=NN1C(c1ccc(OC)c(OC)c1)O2. The van der Waals surface area contributed by atoms with E-state index in [2.05, 4.69) is 12.1 Å². The quantitative estimate of drug-likeness (QED) is 0.589. The molecular weight excluding hydrogens is 392 g/mol. The molecule has 31 heavy (non-hydrogen) atoms. The molecule has 2 aliphatic rings. The van der Waals surface area contributed by atoms with Gasteiger partial charge in [0, 0.05) is 17.5 Å². The van der Waals surface area contributed by atoms with Crippen LogP contribution in [0.1, 0.15) is 35.4 Å². The maximum Gasteiger partial charge on any atom is 0.214 e. The standard InChI is InChI=1S/C25H24N2O4/c1-28-18-10-12-22-19(14-18)21-15-20(16-7-5-4-6-8-16)26-27(21)25(31-22)17-9-11-23(29-2)24(13-17)30-3/h4-14,21,25H,15H2,1-3H3. The number of nitrogens with zero attached hydrogens (tertiary/aromatic N) is 2. The van der Waals surface area contributed by atoms with E-state index in [9.17, 15) is 0 Å². The highest BCUT2D eigenvalue weighted by atomic mass is 16.5. The van der Waals surface area contributed by atoms with Crippen LogP contribution in [0.3, 0.4) is 0 Å². The summed E-state index contributed by atoms with van der Waals surface area (Å²) in [6.45, 7) is 0. The molecular formula is C25H24N2O4. The fourth-order valence-corrected chi connectivity index (χ4v) is 4.22. The van der Waals surface area contributed by atoms with Gasteiger partial charge in [-0.15, -0.1) is 0 Å². The van der Waals surface area contributed by atoms with Crippen molar-refractivity contribution in [2.75, 3.05) is 21.3 Å². The summed E-state index contributed by atoms with van der Waals surface area (Å²) in [5.41, 5.74) is 4.18. The molecule has 0 radical (unpaired) electrons. The average Bonchev–Trinajstić information content (AvgIpc) is 3.29. The third-order valence-corrected chi connectivity index (χ3v) is 5.80. The van der Waals surface area contributed by atoms with Gasteiger partial charge in [-0.1, -0.05) is 30.3 Å². The minimum Gasteiger partial charge on any atom is -0.497 e. The number of methoxy groups -OCH3 is 3. The zero-order chi connectivity index (χ0) is 21.4. The molecule has 0 aromatic heterocycles. The van der Waals surface area contributed by atoms with Crippen molar-refractivity contribution >= 4 is 5.71 Å². The minimum absolute atomic E-state index is 0.0483. The van der Waals surface area contributed by atoms with Gasteiger partial charge in [0.05, 0.1) is 33.1 Å². The number of benzene rings is 3. The molecule has 0 N–H and O–H groups in total. The summed E-state index contributed by atoms with van der Waals surface area (Å²) >= 11 is 0. The van der Waals surface area contributed by atoms with E-state index in [0.717, 1.165) is 40.3 Å². The number of fused-ring (bicyclic) bond motifs is 3. The molecule has 0 saturated carbocycles. The highest BCUT2D eigenvalue weighted by molar-refractivity contribution is 6.01. The van der Waals surface area contributed by atoms with E-state index in [1.807, 2.05) is 59.6 Å². The molecule has 6 nitrogen and oxygen atoms in total. The van der Waals surface area contributed by atoms with Gasteiger partial charge >= 0.3 is 0 Å². The first-order chi connectivity index (χ1) is 15.2. The van der Waals surface area contributed by atoms with Gasteiger partial charge < -0.3 is 18.9 Å². The first kappa shape index (κ1) is 19.3. The molecule has 158 valence electrons. The number of hydrogen-bond acceptors (Lipinski definition) is 6. The molecule has 2 unspecified atom stereocenters. The summed E-state index contributed by atoms with van der Waals surface area (Å²) in [6.07, 6.45) is 0.407. The van der Waals surface area contributed by atoms with Gasteiger partial charge in [0.1, 0.15) is 11.5 Å². The monoisotopic (exact) mass is 416 g/mol. The molecule has 6 heteroatoms. The van der Waals surface area contributed by atoms with Crippen molar-refractivity contribution in [2.45, 2.75) is 18.7 Å². The van der Waals surface area contributed by atoms with Crippen LogP contribution in [-0.4, -0.2) is 32.0 Å². The second-order valence-corrected chi connectivity index (χ2v) is 7.50. The molecule has 3 aromatic carbocycles. The Morgan fingerprint density at radius 3 is 2.42 bits per heavy atom. The fourth-order valence-electron chi connectivity index (χ4n) is 4.22. The van der Waals surface area contributed by atoms with Gasteiger partial charge in [-0.25, -0.2) is 5.01 Å². The maximum absolute atomic E-state index is 6.46. The Labute approximate surface area is 181 Å². The van der Waals surface area contributed by atoms with Gasteiger partial charge in [-0.2, -0.15) is 5.10 Å². The lowest BCUT2D eigenvalue weighted by Crippen LogP contribution is -2.33. The van der Waals surface area contributed by atoms with Gasteiger partial charge in [0.15, 0.2) is 11.5 Å².